The summed E-state index contributed by atoms with van der Waals surface area (Å²) in [6.07, 6.45) is 0. The fourth-order valence-corrected chi connectivity index (χ4v) is 11.4. The molecule has 7 heteroatoms. The molecule has 0 amide bonds. The van der Waals surface area contributed by atoms with Crippen LogP contribution < -0.4 is 14.5 Å². The van der Waals surface area contributed by atoms with Crippen LogP contribution in [0.1, 0.15) is 38.9 Å². The molecule has 4 rings (SSSR count). The van der Waals surface area contributed by atoms with E-state index in [1.165, 1.54) is 50.3 Å². The molecule has 192 valence electrons. The second-order valence-corrected chi connectivity index (χ2v) is 18.8. The van der Waals surface area contributed by atoms with E-state index in [2.05, 4.69) is 75.6 Å². The molecule has 0 aliphatic carbocycles. The summed E-state index contributed by atoms with van der Waals surface area (Å²) in [4.78, 5) is 4.71. The van der Waals surface area contributed by atoms with Gasteiger partial charge in [0.2, 0.25) is 0 Å². The summed E-state index contributed by atoms with van der Waals surface area (Å²) < 4.78 is 8.61. The molecule has 3 aromatic carbocycles. The fraction of sp³-hybridized carbons (Fsp3) is 0.276. The Labute approximate surface area is 230 Å². The number of thiocarbonyl (C=S) groups is 1. The maximum atomic E-state index is 7.48. The minimum atomic E-state index is -3.64. The third kappa shape index (κ3) is 5.36. The molecule has 1 saturated heterocycles. The van der Waals surface area contributed by atoms with E-state index in [0.29, 0.717) is 5.75 Å². The van der Waals surface area contributed by atoms with Crippen LogP contribution in [-0.4, -0.2) is 27.6 Å². The van der Waals surface area contributed by atoms with Crippen LogP contribution in [0.15, 0.2) is 48.5 Å². The molecule has 1 fully saturated rings. The van der Waals surface area contributed by atoms with Crippen molar-refractivity contribution < 1.29 is 16.6 Å². The average Bonchev–Trinajstić information content (AvgIpc) is 3.19. The van der Waals surface area contributed by atoms with Crippen LogP contribution in [-0.2, 0) is 11.9 Å². The molecule has 3 aromatic rings. The van der Waals surface area contributed by atoms with E-state index in [1.807, 2.05) is 28.9 Å². The van der Waals surface area contributed by atoms with Gasteiger partial charge in [-0.1, -0.05) is 0 Å². The predicted molar refractivity (Wildman–Crippen MR) is 159 cm³/mol. The summed E-state index contributed by atoms with van der Waals surface area (Å²) in [6.45, 7) is 14.5. The number of hydrogen-bond acceptors (Lipinski definition) is 4. The zero-order chi connectivity index (χ0) is 26.2. The topological polar surface area (TPSA) is 15.7 Å². The van der Waals surface area contributed by atoms with Crippen LogP contribution in [0.25, 0.3) is 0 Å². The van der Waals surface area contributed by atoms with Crippen LogP contribution in [0.3, 0.4) is 0 Å². The van der Waals surface area contributed by atoms with Gasteiger partial charge in [-0.05, 0) is 0 Å². The molecule has 1 aliphatic rings. The molecule has 0 atom stereocenters. The number of anilines is 2. The number of hydrogen-bond donors (Lipinski definition) is 0. The van der Waals surface area contributed by atoms with Crippen molar-refractivity contribution in [1.82, 2.24) is 0 Å². The third-order valence-electron chi connectivity index (χ3n) is 6.33. The maximum absolute atomic E-state index is 7.48. The van der Waals surface area contributed by atoms with Crippen LogP contribution >= 0.6 is 31.6 Å². The summed E-state index contributed by atoms with van der Waals surface area (Å²) in [6, 6.07) is 16.7. The molecule has 36 heavy (non-hydrogen) atoms. The minimum absolute atomic E-state index is 0.654. The van der Waals surface area contributed by atoms with Gasteiger partial charge in [-0.25, -0.2) is 0 Å². The van der Waals surface area contributed by atoms with E-state index in [-0.39, 0.29) is 0 Å². The normalized spacial score (nSPS) is 14.3. The van der Waals surface area contributed by atoms with E-state index >= 15 is 0 Å². The van der Waals surface area contributed by atoms with Crippen LogP contribution in [0, 0.1) is 41.5 Å². The Morgan fingerprint density at radius 2 is 1.22 bits per heavy atom. The van der Waals surface area contributed by atoms with Gasteiger partial charge in [0.25, 0.3) is 0 Å². The molecule has 0 saturated carbocycles. The van der Waals surface area contributed by atoms with Crippen molar-refractivity contribution >= 4 is 57.5 Å². The fourth-order valence-electron chi connectivity index (χ4n) is 5.29. The average molecular weight is 629 g/mol. The predicted octanol–water partition coefficient (Wildman–Crippen LogP) is 7.60. The van der Waals surface area contributed by atoms with Crippen molar-refractivity contribution in [3.05, 3.63) is 87.5 Å². The molecule has 0 N–H and O–H groups in total. The Hall–Kier alpha value is -1.91. The Morgan fingerprint density at radius 3 is 1.67 bits per heavy atom. The number of ether oxygens (including phenoxy) is 1. The first-order valence-electron chi connectivity index (χ1n) is 11.8. The van der Waals surface area contributed by atoms with E-state index in [1.54, 1.807) is 0 Å². The Bertz CT molecular complexity index is 1350. The Balaban J connectivity index is 2.05. The molecule has 0 unspecified atom stereocenters. The van der Waals surface area contributed by atoms with Gasteiger partial charge >= 0.3 is 232 Å². The molecular weight excluding hydrogens is 596 g/mol. The van der Waals surface area contributed by atoms with Gasteiger partial charge < -0.3 is 0 Å². The van der Waals surface area contributed by atoms with E-state index in [4.69, 9.17) is 36.3 Å². The van der Waals surface area contributed by atoms with Crippen LogP contribution in [0.5, 0.6) is 5.75 Å². The SMILES string of the molecule is Cc1cc(C)c(N2CCN(c3c(C)cc(C)cc3C)[C]2=[Ru]([Cl])([Cl])=[CH]c2ccccc2OC=S)c(C)c1. The molecule has 0 radical (unpaired) electrons. The summed E-state index contributed by atoms with van der Waals surface area (Å²) in [5, 5.41) is 0. The van der Waals surface area contributed by atoms with Gasteiger partial charge in [0.1, 0.15) is 0 Å². The van der Waals surface area contributed by atoms with Gasteiger partial charge in [-0.3, -0.25) is 0 Å². The van der Waals surface area contributed by atoms with E-state index in [0.717, 1.165) is 23.0 Å². The number of para-hydroxylation sites is 1. The number of rotatable bonds is 5. The van der Waals surface area contributed by atoms with Gasteiger partial charge in [0.05, 0.1) is 0 Å². The quantitative estimate of drug-likeness (QED) is 0.214. The second kappa shape index (κ2) is 10.8. The van der Waals surface area contributed by atoms with Crippen LogP contribution in [0.2, 0.25) is 0 Å². The van der Waals surface area contributed by atoms with Gasteiger partial charge in [0, 0.05) is 0 Å². The summed E-state index contributed by atoms with van der Waals surface area (Å²) in [7, 11) is 15.0. The van der Waals surface area contributed by atoms with Crippen molar-refractivity contribution in [3.63, 3.8) is 0 Å². The van der Waals surface area contributed by atoms with E-state index in [9.17, 15) is 0 Å². The second-order valence-electron chi connectivity index (χ2n) is 9.35. The number of aryl methyl sites for hydroxylation is 6. The van der Waals surface area contributed by atoms with Crippen molar-refractivity contribution in [2.45, 2.75) is 41.5 Å². The van der Waals surface area contributed by atoms with Crippen LogP contribution in [0.4, 0.5) is 11.4 Å². The molecular formula is C29H32Cl2N2ORuS. The zero-order valence-electron chi connectivity index (χ0n) is 21.5. The van der Waals surface area contributed by atoms with Gasteiger partial charge in [0.15, 0.2) is 0 Å². The molecule has 0 aromatic heterocycles. The summed E-state index contributed by atoms with van der Waals surface area (Å²) in [5.74, 6) is 0.654. The van der Waals surface area contributed by atoms with Crippen molar-refractivity contribution in [3.8, 4) is 5.75 Å². The number of nitrogens with zero attached hydrogens (tertiary/aromatic N) is 2. The number of halogens is 2. The van der Waals surface area contributed by atoms with Gasteiger partial charge in [-0.15, -0.1) is 0 Å². The summed E-state index contributed by atoms with van der Waals surface area (Å²) in [5.41, 5.74) is 11.9. The number of benzene rings is 3. The zero-order valence-corrected chi connectivity index (χ0v) is 25.6. The molecule has 0 bridgehead atoms. The molecule has 0 spiro atoms. The first-order chi connectivity index (χ1) is 17.0. The standard InChI is InChI=1S/C21H26N2.C8H6OS.2ClH.Ru/c1-14-9-16(3)20(17(4)10-14)22-7-8-23(13-22)21-18(5)11-15(2)12-19(21)6;1-7-4-2-3-5-8(7)9-6-10;;;/h9-12H,7-8H2,1-6H3;1-6H;2*1H;/q;;;;+2/p-2. The molecule has 1 aliphatic heterocycles. The first-order valence-corrected chi connectivity index (χ1v) is 18.6. The Morgan fingerprint density at radius 1 is 0.778 bits per heavy atom. The first kappa shape index (κ1) is 27.1. The monoisotopic (exact) mass is 628 g/mol. The van der Waals surface area contributed by atoms with Gasteiger partial charge in [-0.2, -0.15) is 0 Å². The molecule has 3 nitrogen and oxygen atoms in total. The third-order valence-corrected chi connectivity index (χ3v) is 11.9. The Kier molecular flexibility index (Phi) is 8.17. The van der Waals surface area contributed by atoms with Crippen molar-refractivity contribution in [2.75, 3.05) is 22.9 Å². The molecule has 1 heterocycles. The van der Waals surface area contributed by atoms with Crippen molar-refractivity contribution in [1.29, 1.82) is 0 Å². The van der Waals surface area contributed by atoms with Crippen molar-refractivity contribution in [2.24, 2.45) is 0 Å². The summed E-state index contributed by atoms with van der Waals surface area (Å²) >= 11 is 1.31. The van der Waals surface area contributed by atoms with E-state index < -0.39 is 11.9 Å².